The maximum atomic E-state index is 12.7. The van der Waals surface area contributed by atoms with E-state index >= 15 is 0 Å². The van der Waals surface area contributed by atoms with Gasteiger partial charge in [-0.25, -0.2) is 4.98 Å². The summed E-state index contributed by atoms with van der Waals surface area (Å²) in [5.41, 5.74) is 2.25. The van der Waals surface area contributed by atoms with Crippen molar-refractivity contribution in [3.8, 4) is 0 Å². The van der Waals surface area contributed by atoms with Crippen LogP contribution in [0.3, 0.4) is 0 Å². The molecule has 0 radical (unpaired) electrons. The van der Waals surface area contributed by atoms with Gasteiger partial charge in [-0.2, -0.15) is 4.98 Å². The molecule has 1 aromatic carbocycles. The van der Waals surface area contributed by atoms with Gasteiger partial charge < -0.3 is 14.7 Å². The van der Waals surface area contributed by atoms with Crippen molar-refractivity contribution in [3.63, 3.8) is 0 Å². The van der Waals surface area contributed by atoms with Gasteiger partial charge >= 0.3 is 0 Å². The Hall–Kier alpha value is -2.63. The topological polar surface area (TPSA) is 52.6 Å². The number of hydrogen-bond acceptors (Lipinski definition) is 5. The highest BCUT2D eigenvalue weighted by molar-refractivity contribution is 6.09. The minimum atomic E-state index is -0.0743. The second-order valence-corrected chi connectivity index (χ2v) is 5.69. The van der Waals surface area contributed by atoms with Gasteiger partial charge in [-0.05, 0) is 12.1 Å². The molecule has 0 unspecified atom stereocenters. The monoisotopic (exact) mass is 297 g/mol. The average Bonchev–Trinajstić information content (AvgIpc) is 2.84. The van der Waals surface area contributed by atoms with E-state index in [0.29, 0.717) is 18.2 Å². The molecule has 0 N–H and O–H groups in total. The Bertz CT molecular complexity index is 712. The lowest BCUT2D eigenvalue weighted by molar-refractivity contribution is 0.0992. The Balaban J connectivity index is 2.10. The molecular formula is C16H19N5O. The van der Waals surface area contributed by atoms with Gasteiger partial charge in [-0.3, -0.25) is 4.79 Å². The number of carbonyl (C=O) groups excluding carboxylic acids is 1. The predicted molar refractivity (Wildman–Crippen MR) is 87.6 cm³/mol. The summed E-state index contributed by atoms with van der Waals surface area (Å²) in [5, 5.41) is 0. The van der Waals surface area contributed by atoms with Crippen molar-refractivity contribution < 1.29 is 4.79 Å². The number of hydrogen-bond donors (Lipinski definition) is 0. The minimum Gasteiger partial charge on any atom is -0.362 e. The van der Waals surface area contributed by atoms with Gasteiger partial charge in [0.25, 0.3) is 5.91 Å². The number of anilines is 3. The minimum absolute atomic E-state index is 0.0743. The zero-order valence-electron chi connectivity index (χ0n) is 13.2. The molecule has 114 valence electrons. The summed E-state index contributed by atoms with van der Waals surface area (Å²) in [6, 6.07) is 9.65. The number of para-hydroxylation sites is 1. The highest BCUT2D eigenvalue weighted by Crippen LogP contribution is 2.32. The van der Waals surface area contributed by atoms with Gasteiger partial charge in [0.15, 0.2) is 0 Å². The van der Waals surface area contributed by atoms with Crippen LogP contribution in [0.25, 0.3) is 0 Å². The first-order chi connectivity index (χ1) is 10.5. The lowest BCUT2D eigenvalue weighted by Crippen LogP contribution is -2.23. The summed E-state index contributed by atoms with van der Waals surface area (Å²) < 4.78 is 0. The predicted octanol–water partition coefficient (Wildman–Crippen LogP) is 1.77. The van der Waals surface area contributed by atoms with E-state index < -0.39 is 0 Å². The lowest BCUT2D eigenvalue weighted by Gasteiger charge is -2.18. The van der Waals surface area contributed by atoms with Crippen LogP contribution in [-0.4, -0.2) is 44.1 Å². The number of rotatable bonds is 3. The van der Waals surface area contributed by atoms with Crippen molar-refractivity contribution >= 4 is 23.4 Å². The highest BCUT2D eigenvalue weighted by atomic mass is 16.2. The van der Waals surface area contributed by atoms with E-state index in [0.717, 1.165) is 17.1 Å². The molecule has 0 aliphatic carbocycles. The van der Waals surface area contributed by atoms with Crippen molar-refractivity contribution in [3.05, 3.63) is 41.6 Å². The van der Waals surface area contributed by atoms with E-state index in [4.69, 9.17) is 0 Å². The molecule has 0 atom stereocenters. The first-order valence-corrected chi connectivity index (χ1v) is 7.11. The molecule has 0 fully saturated rings. The van der Waals surface area contributed by atoms with E-state index in [2.05, 4.69) is 9.97 Å². The quantitative estimate of drug-likeness (QED) is 0.864. The van der Waals surface area contributed by atoms with Gasteiger partial charge in [-0.15, -0.1) is 0 Å². The molecule has 1 aromatic heterocycles. The number of benzene rings is 1. The first-order valence-electron chi connectivity index (χ1n) is 7.11. The second-order valence-electron chi connectivity index (χ2n) is 5.69. The fraction of sp³-hybridized carbons (Fsp3) is 0.312. The molecule has 22 heavy (non-hydrogen) atoms. The lowest BCUT2D eigenvalue weighted by atomic mass is 10.2. The first kappa shape index (κ1) is 14.3. The van der Waals surface area contributed by atoms with Crippen LogP contribution in [0.2, 0.25) is 0 Å². The number of amides is 1. The smallest absolute Gasteiger partial charge is 0.277 e. The highest BCUT2D eigenvalue weighted by Gasteiger charge is 2.34. The molecule has 6 heteroatoms. The Labute approximate surface area is 130 Å². The van der Waals surface area contributed by atoms with Crippen LogP contribution < -0.4 is 14.7 Å². The molecule has 0 bridgehead atoms. The van der Waals surface area contributed by atoms with Crippen LogP contribution in [-0.2, 0) is 6.54 Å². The molecular weight excluding hydrogens is 278 g/mol. The molecule has 1 aliphatic rings. The zero-order valence-corrected chi connectivity index (χ0v) is 13.2. The van der Waals surface area contributed by atoms with E-state index in [1.165, 1.54) is 0 Å². The fourth-order valence-corrected chi connectivity index (χ4v) is 2.53. The van der Waals surface area contributed by atoms with E-state index in [1.54, 1.807) is 4.90 Å². The molecule has 1 amide bonds. The summed E-state index contributed by atoms with van der Waals surface area (Å²) in [6.45, 7) is 0.499. The summed E-state index contributed by atoms with van der Waals surface area (Å²) in [5.74, 6) is 1.26. The second kappa shape index (κ2) is 5.29. The number of fused-ring (bicyclic) bond motifs is 1. The van der Waals surface area contributed by atoms with E-state index in [1.807, 2.05) is 68.3 Å². The van der Waals surface area contributed by atoms with Crippen LogP contribution in [0.1, 0.15) is 16.1 Å². The van der Waals surface area contributed by atoms with E-state index in [-0.39, 0.29) is 5.91 Å². The Morgan fingerprint density at radius 3 is 2.27 bits per heavy atom. The largest absolute Gasteiger partial charge is 0.362 e. The normalized spacial score (nSPS) is 13.3. The third kappa shape index (κ3) is 2.26. The molecule has 3 rings (SSSR count). The van der Waals surface area contributed by atoms with Crippen molar-refractivity contribution in [2.75, 3.05) is 42.9 Å². The van der Waals surface area contributed by atoms with Crippen molar-refractivity contribution in [2.24, 2.45) is 0 Å². The summed E-state index contributed by atoms with van der Waals surface area (Å²) in [6.07, 6.45) is 0. The average molecular weight is 297 g/mol. The summed E-state index contributed by atoms with van der Waals surface area (Å²) >= 11 is 0. The zero-order chi connectivity index (χ0) is 15.9. The van der Waals surface area contributed by atoms with Gasteiger partial charge in [0.1, 0.15) is 11.5 Å². The summed E-state index contributed by atoms with van der Waals surface area (Å²) in [7, 11) is 7.60. The van der Waals surface area contributed by atoms with Gasteiger partial charge in [0.2, 0.25) is 5.95 Å². The van der Waals surface area contributed by atoms with E-state index in [9.17, 15) is 4.79 Å². The molecule has 0 saturated heterocycles. The maximum absolute atomic E-state index is 12.7. The van der Waals surface area contributed by atoms with Crippen LogP contribution in [0, 0.1) is 0 Å². The molecule has 1 aliphatic heterocycles. The van der Waals surface area contributed by atoms with Crippen molar-refractivity contribution in [1.82, 2.24) is 9.97 Å². The fourth-order valence-electron chi connectivity index (χ4n) is 2.53. The van der Waals surface area contributed by atoms with Crippen LogP contribution in [0.5, 0.6) is 0 Å². The van der Waals surface area contributed by atoms with Gasteiger partial charge in [0.05, 0.1) is 6.54 Å². The Kier molecular flexibility index (Phi) is 3.44. The van der Waals surface area contributed by atoms with Crippen LogP contribution >= 0.6 is 0 Å². The molecule has 0 saturated carbocycles. The SMILES string of the molecule is CN(C)c1nc2c(c(N(C)C)n1)CN(c1ccccc1)C2=O. The molecule has 2 heterocycles. The summed E-state index contributed by atoms with van der Waals surface area (Å²) in [4.78, 5) is 27.2. The van der Waals surface area contributed by atoms with Crippen molar-refractivity contribution in [1.29, 1.82) is 0 Å². The number of aromatic nitrogens is 2. The molecule has 6 nitrogen and oxygen atoms in total. The van der Waals surface area contributed by atoms with Crippen LogP contribution in [0.15, 0.2) is 30.3 Å². The molecule has 0 spiro atoms. The number of nitrogens with zero attached hydrogens (tertiary/aromatic N) is 5. The van der Waals surface area contributed by atoms with Gasteiger partial charge in [0, 0.05) is 39.4 Å². The molecule has 2 aromatic rings. The standard InChI is InChI=1S/C16H19N5O/c1-19(2)14-12-10-21(11-8-6-5-7-9-11)15(22)13(12)17-16(18-14)20(3)4/h5-9H,10H2,1-4H3. The van der Waals surface area contributed by atoms with Crippen molar-refractivity contribution in [2.45, 2.75) is 6.54 Å². The third-order valence-corrected chi connectivity index (χ3v) is 3.63. The third-order valence-electron chi connectivity index (χ3n) is 3.63. The van der Waals surface area contributed by atoms with Gasteiger partial charge in [-0.1, -0.05) is 18.2 Å². The van der Waals surface area contributed by atoms with Crippen LogP contribution in [0.4, 0.5) is 17.5 Å². The maximum Gasteiger partial charge on any atom is 0.277 e. The Morgan fingerprint density at radius 1 is 1.00 bits per heavy atom. The Morgan fingerprint density at radius 2 is 1.68 bits per heavy atom. The number of carbonyl (C=O) groups is 1.